The largest absolute Gasteiger partial charge is 0.465 e. The maximum atomic E-state index is 13.1. The summed E-state index contributed by atoms with van der Waals surface area (Å²) in [5.74, 6) is -1.72. The number of esters is 1. The van der Waals surface area contributed by atoms with Crippen LogP contribution in [0.2, 0.25) is 0 Å². The fourth-order valence-electron chi connectivity index (χ4n) is 4.96. The van der Waals surface area contributed by atoms with Crippen molar-refractivity contribution in [3.63, 3.8) is 0 Å². The molecular formula is C26H34N4O7. The number of amides is 4. The van der Waals surface area contributed by atoms with Crippen LogP contribution in [0.5, 0.6) is 0 Å². The van der Waals surface area contributed by atoms with E-state index in [0.717, 1.165) is 18.4 Å². The van der Waals surface area contributed by atoms with Crippen LogP contribution in [-0.4, -0.2) is 77.5 Å². The number of rotatable bonds is 5. The summed E-state index contributed by atoms with van der Waals surface area (Å²) < 4.78 is 10.4. The van der Waals surface area contributed by atoms with Crippen LogP contribution in [0.1, 0.15) is 78.3 Å². The van der Waals surface area contributed by atoms with Crippen molar-refractivity contribution >= 4 is 29.8 Å². The van der Waals surface area contributed by atoms with Gasteiger partial charge in [-0.1, -0.05) is 6.07 Å². The number of hydrogen-bond acceptors (Lipinski definition) is 8. The number of ether oxygens (including phenoxy) is 2. The van der Waals surface area contributed by atoms with Crippen LogP contribution < -0.4 is 10.6 Å². The second kappa shape index (κ2) is 10.5. The lowest BCUT2D eigenvalue weighted by Gasteiger charge is -2.34. The zero-order valence-corrected chi connectivity index (χ0v) is 21.7. The monoisotopic (exact) mass is 514 g/mol. The van der Waals surface area contributed by atoms with E-state index in [1.807, 2.05) is 26.8 Å². The number of hydrogen-bond donors (Lipinski definition) is 2. The minimum absolute atomic E-state index is 0.138. The Morgan fingerprint density at radius 3 is 2.43 bits per heavy atom. The summed E-state index contributed by atoms with van der Waals surface area (Å²) >= 11 is 0. The highest BCUT2D eigenvalue weighted by molar-refractivity contribution is 6.06. The molecule has 37 heavy (non-hydrogen) atoms. The minimum Gasteiger partial charge on any atom is -0.465 e. The second-order valence-corrected chi connectivity index (χ2v) is 10.7. The summed E-state index contributed by atoms with van der Waals surface area (Å²) in [6.45, 7) is 7.25. The average Bonchev–Trinajstić information content (AvgIpc) is 3.16. The van der Waals surface area contributed by atoms with E-state index in [1.54, 1.807) is 4.90 Å². The van der Waals surface area contributed by atoms with Gasteiger partial charge in [0.1, 0.15) is 11.6 Å². The molecule has 11 heteroatoms. The summed E-state index contributed by atoms with van der Waals surface area (Å²) in [6, 6.07) is 2.76. The number of nitrogens with zero attached hydrogens (tertiary/aromatic N) is 2. The highest BCUT2D eigenvalue weighted by Gasteiger charge is 2.40. The van der Waals surface area contributed by atoms with Gasteiger partial charge in [-0.15, -0.1) is 0 Å². The number of imide groups is 1. The number of piperidine rings is 2. The summed E-state index contributed by atoms with van der Waals surface area (Å²) in [5.41, 5.74) is 1.52. The van der Waals surface area contributed by atoms with E-state index in [-0.39, 0.29) is 43.3 Å². The number of likely N-dealkylation sites (tertiary alicyclic amines) is 1. The molecule has 2 N–H and O–H groups in total. The van der Waals surface area contributed by atoms with Crippen LogP contribution in [0.15, 0.2) is 12.1 Å². The third-order valence-corrected chi connectivity index (χ3v) is 6.88. The van der Waals surface area contributed by atoms with Crippen LogP contribution in [0.25, 0.3) is 0 Å². The Balaban J connectivity index is 1.43. The summed E-state index contributed by atoms with van der Waals surface area (Å²) in [6.07, 6.45) is 1.60. The number of carbonyl (C=O) groups is 5. The number of fused-ring (bicyclic) bond motifs is 1. The van der Waals surface area contributed by atoms with Crippen molar-refractivity contribution in [2.24, 2.45) is 0 Å². The van der Waals surface area contributed by atoms with E-state index < -0.39 is 23.5 Å². The Bertz CT molecular complexity index is 1120. The number of carbonyl (C=O) groups excluding carboxylic acids is 5. The molecule has 1 unspecified atom stereocenters. The lowest BCUT2D eigenvalue weighted by Crippen LogP contribution is -2.52. The van der Waals surface area contributed by atoms with Gasteiger partial charge in [0.05, 0.1) is 12.7 Å². The van der Waals surface area contributed by atoms with Gasteiger partial charge >= 0.3 is 12.1 Å². The van der Waals surface area contributed by atoms with Gasteiger partial charge in [0, 0.05) is 44.2 Å². The van der Waals surface area contributed by atoms with Gasteiger partial charge in [-0.2, -0.15) is 0 Å². The molecule has 3 aliphatic heterocycles. The van der Waals surface area contributed by atoms with Gasteiger partial charge in [-0.25, -0.2) is 9.59 Å². The van der Waals surface area contributed by atoms with Crippen molar-refractivity contribution in [1.82, 2.24) is 20.4 Å². The zero-order valence-electron chi connectivity index (χ0n) is 21.7. The molecule has 0 bridgehead atoms. The Morgan fingerprint density at radius 2 is 1.81 bits per heavy atom. The molecule has 0 spiro atoms. The van der Waals surface area contributed by atoms with Crippen molar-refractivity contribution in [3.8, 4) is 0 Å². The normalized spacial score (nSPS) is 20.5. The number of nitrogens with one attached hydrogen (secondary N) is 2. The smallest absolute Gasteiger partial charge is 0.410 e. The predicted molar refractivity (Wildman–Crippen MR) is 131 cm³/mol. The average molecular weight is 515 g/mol. The highest BCUT2D eigenvalue weighted by atomic mass is 16.6. The molecule has 2 saturated heterocycles. The van der Waals surface area contributed by atoms with E-state index in [9.17, 15) is 24.0 Å². The first-order chi connectivity index (χ1) is 17.5. The fraction of sp³-hybridized carbons (Fsp3) is 0.577. The van der Waals surface area contributed by atoms with Gasteiger partial charge in [-0.3, -0.25) is 19.7 Å². The molecule has 1 atom stereocenters. The van der Waals surface area contributed by atoms with Crippen LogP contribution in [0, 0.1) is 0 Å². The van der Waals surface area contributed by atoms with Crippen molar-refractivity contribution in [3.05, 3.63) is 34.4 Å². The molecule has 11 nitrogen and oxygen atoms in total. The third-order valence-electron chi connectivity index (χ3n) is 6.88. The molecule has 1 aromatic rings. The third kappa shape index (κ3) is 5.93. The Hall–Kier alpha value is -3.47. The van der Waals surface area contributed by atoms with Gasteiger partial charge in [0.15, 0.2) is 0 Å². The Labute approximate surface area is 215 Å². The Morgan fingerprint density at radius 1 is 1.11 bits per heavy atom. The first-order valence-corrected chi connectivity index (χ1v) is 12.6. The quantitative estimate of drug-likeness (QED) is 0.448. The first-order valence-electron chi connectivity index (χ1n) is 12.6. The molecular weight excluding hydrogens is 480 g/mol. The van der Waals surface area contributed by atoms with E-state index in [4.69, 9.17) is 9.47 Å². The zero-order chi connectivity index (χ0) is 26.9. The van der Waals surface area contributed by atoms with E-state index in [2.05, 4.69) is 10.6 Å². The molecule has 2 fully saturated rings. The standard InChI is InChI=1S/C26H34N4O7/c1-26(2,3)37-25(35)29-9-7-17(8-10-29)27-13-15-11-16-14-30(20-5-6-21(31)28-22(20)32)23(33)18(16)12-19(15)24(34)36-4/h11-12,17,20,27H,5-10,13-14H2,1-4H3,(H,28,31,32). The molecule has 1 aromatic carbocycles. The Kier molecular flexibility index (Phi) is 7.54. The van der Waals surface area contributed by atoms with Crippen molar-refractivity contribution in [2.45, 2.75) is 77.2 Å². The maximum Gasteiger partial charge on any atom is 0.410 e. The van der Waals surface area contributed by atoms with Crippen LogP contribution in [-0.2, 0) is 32.2 Å². The number of benzene rings is 1. The van der Waals surface area contributed by atoms with Gasteiger partial charge in [0.2, 0.25) is 11.8 Å². The maximum absolute atomic E-state index is 13.1. The summed E-state index contributed by atoms with van der Waals surface area (Å²) in [4.78, 5) is 65.0. The van der Waals surface area contributed by atoms with Gasteiger partial charge in [-0.05, 0) is 57.2 Å². The van der Waals surface area contributed by atoms with Crippen LogP contribution >= 0.6 is 0 Å². The van der Waals surface area contributed by atoms with Crippen LogP contribution in [0.3, 0.4) is 0 Å². The molecule has 0 radical (unpaired) electrons. The van der Waals surface area contributed by atoms with Crippen molar-refractivity contribution in [1.29, 1.82) is 0 Å². The summed E-state index contributed by atoms with van der Waals surface area (Å²) in [7, 11) is 1.29. The van der Waals surface area contributed by atoms with E-state index >= 15 is 0 Å². The van der Waals surface area contributed by atoms with Gasteiger partial charge < -0.3 is 24.6 Å². The molecule has 4 amide bonds. The van der Waals surface area contributed by atoms with Crippen molar-refractivity contribution < 1.29 is 33.4 Å². The lowest BCUT2D eigenvalue weighted by molar-refractivity contribution is -0.136. The van der Waals surface area contributed by atoms with E-state index in [0.29, 0.717) is 36.3 Å². The molecule has 4 rings (SSSR count). The molecule has 0 aromatic heterocycles. The molecule has 3 aliphatic rings. The van der Waals surface area contributed by atoms with Gasteiger partial charge in [0.25, 0.3) is 5.91 Å². The van der Waals surface area contributed by atoms with E-state index in [1.165, 1.54) is 18.1 Å². The highest BCUT2D eigenvalue weighted by Crippen LogP contribution is 2.30. The molecule has 200 valence electrons. The lowest BCUT2D eigenvalue weighted by atomic mass is 9.98. The summed E-state index contributed by atoms with van der Waals surface area (Å²) in [5, 5.41) is 5.76. The SMILES string of the molecule is COC(=O)c1cc2c(cc1CNC1CCN(C(=O)OC(C)(C)C)CC1)CN(C1CCC(=O)NC1=O)C2=O. The molecule has 0 aliphatic carbocycles. The number of methoxy groups -OCH3 is 1. The predicted octanol–water partition coefficient (Wildman–Crippen LogP) is 1.72. The molecule has 0 saturated carbocycles. The van der Waals surface area contributed by atoms with Crippen molar-refractivity contribution in [2.75, 3.05) is 20.2 Å². The first kappa shape index (κ1) is 26.6. The fourth-order valence-corrected chi connectivity index (χ4v) is 4.96. The topological polar surface area (TPSA) is 134 Å². The molecule has 3 heterocycles. The second-order valence-electron chi connectivity index (χ2n) is 10.7. The minimum atomic E-state index is -0.726. The van der Waals surface area contributed by atoms with Crippen LogP contribution in [0.4, 0.5) is 4.79 Å².